The molecule has 0 aliphatic heterocycles. The van der Waals surface area contributed by atoms with Crippen LogP contribution < -0.4 is 0 Å². The van der Waals surface area contributed by atoms with Crippen LogP contribution in [0.2, 0.25) is 0 Å². The van der Waals surface area contributed by atoms with Crippen LogP contribution in [0.3, 0.4) is 0 Å². The molecule has 0 aromatic heterocycles. The van der Waals surface area contributed by atoms with Crippen molar-refractivity contribution in [1.29, 1.82) is 0 Å². The molecule has 6 heteroatoms. The predicted octanol–water partition coefficient (Wildman–Crippen LogP) is 22.3. The first-order valence-corrected chi connectivity index (χ1v) is 32.6. The van der Waals surface area contributed by atoms with Gasteiger partial charge in [0.2, 0.25) is 0 Å². The number of hydrogen-bond donors (Lipinski definition) is 0. The molecule has 0 heterocycles. The normalized spacial score (nSPS) is 12.6. The van der Waals surface area contributed by atoms with Crippen molar-refractivity contribution in [2.75, 3.05) is 13.2 Å². The number of allylic oxidation sites excluding steroid dienone is 14. The van der Waals surface area contributed by atoms with Gasteiger partial charge in [-0.15, -0.1) is 0 Å². The lowest BCUT2D eigenvalue weighted by molar-refractivity contribution is -0.167. The molecule has 0 rings (SSSR count). The van der Waals surface area contributed by atoms with Gasteiger partial charge < -0.3 is 14.2 Å². The molecule has 0 radical (unpaired) electrons. The summed E-state index contributed by atoms with van der Waals surface area (Å²) in [6, 6.07) is 0. The zero-order valence-corrected chi connectivity index (χ0v) is 50.3. The van der Waals surface area contributed by atoms with Crippen LogP contribution in [0.5, 0.6) is 0 Å². The number of carbonyl (C=O) groups excluding carboxylic acids is 3. The number of unbranched alkanes of at least 4 members (excludes halogenated alkanes) is 34. The lowest BCUT2D eigenvalue weighted by Crippen LogP contribution is -2.30. The average molecular weight is 1060 g/mol. The molecule has 0 aliphatic rings. The van der Waals surface area contributed by atoms with Crippen LogP contribution >= 0.6 is 0 Å². The molecule has 0 aromatic rings. The number of esters is 3. The second kappa shape index (κ2) is 64.1. The fourth-order valence-electron chi connectivity index (χ4n) is 9.23. The second-order valence-corrected chi connectivity index (χ2v) is 21.6. The third-order valence-corrected chi connectivity index (χ3v) is 14.1. The van der Waals surface area contributed by atoms with Crippen LogP contribution in [-0.4, -0.2) is 37.2 Å². The molecule has 0 aromatic carbocycles. The van der Waals surface area contributed by atoms with Gasteiger partial charge in [0.1, 0.15) is 13.2 Å². The number of rotatable bonds is 59. The topological polar surface area (TPSA) is 78.9 Å². The molecule has 0 amide bonds. The van der Waals surface area contributed by atoms with Gasteiger partial charge in [-0.05, 0) is 116 Å². The molecule has 1 unspecified atom stereocenters. The van der Waals surface area contributed by atoms with Crippen molar-refractivity contribution < 1.29 is 28.6 Å². The van der Waals surface area contributed by atoms with E-state index in [4.69, 9.17) is 14.2 Å². The highest BCUT2D eigenvalue weighted by Crippen LogP contribution is 2.16. The summed E-state index contributed by atoms with van der Waals surface area (Å²) in [6.07, 6.45) is 84.4. The zero-order valence-electron chi connectivity index (χ0n) is 50.3. The lowest BCUT2D eigenvalue weighted by atomic mass is 10.0. The van der Waals surface area contributed by atoms with E-state index in [0.29, 0.717) is 19.3 Å². The van der Waals surface area contributed by atoms with E-state index in [1.807, 2.05) is 0 Å². The summed E-state index contributed by atoms with van der Waals surface area (Å²) in [4.78, 5) is 38.4. The van der Waals surface area contributed by atoms with E-state index < -0.39 is 6.10 Å². The van der Waals surface area contributed by atoms with E-state index in [1.165, 1.54) is 167 Å². The van der Waals surface area contributed by atoms with Crippen molar-refractivity contribution in [3.8, 4) is 0 Å². The first kappa shape index (κ1) is 72.6. The molecule has 0 fully saturated rings. The molecule has 6 nitrogen and oxygen atoms in total. The van der Waals surface area contributed by atoms with Gasteiger partial charge >= 0.3 is 17.9 Å². The highest BCUT2D eigenvalue weighted by atomic mass is 16.6. The van der Waals surface area contributed by atoms with Crippen LogP contribution in [-0.2, 0) is 28.6 Å². The summed E-state index contributed by atoms with van der Waals surface area (Å²) in [5.74, 6) is -0.903. The maximum Gasteiger partial charge on any atom is 0.306 e. The highest BCUT2D eigenvalue weighted by molar-refractivity contribution is 5.71. The zero-order chi connectivity index (χ0) is 55.0. The smallest absolute Gasteiger partial charge is 0.306 e. The Balaban J connectivity index is 4.38. The number of hydrogen-bond acceptors (Lipinski definition) is 6. The molecule has 76 heavy (non-hydrogen) atoms. The van der Waals surface area contributed by atoms with Crippen LogP contribution in [0.4, 0.5) is 0 Å². The Hall–Kier alpha value is -3.41. The van der Waals surface area contributed by atoms with Crippen LogP contribution in [0.25, 0.3) is 0 Å². The van der Waals surface area contributed by atoms with E-state index in [1.54, 1.807) is 0 Å². The molecule has 438 valence electrons. The molecule has 0 aliphatic carbocycles. The van der Waals surface area contributed by atoms with Gasteiger partial charge in [0.15, 0.2) is 6.10 Å². The number of ether oxygens (including phenoxy) is 3. The summed E-state index contributed by atoms with van der Waals surface area (Å²) in [7, 11) is 0. The molecule has 0 saturated heterocycles. The van der Waals surface area contributed by atoms with Gasteiger partial charge in [-0.25, -0.2) is 0 Å². The van der Waals surface area contributed by atoms with Gasteiger partial charge in [-0.1, -0.05) is 273 Å². The monoisotopic (exact) mass is 1060 g/mol. The fourth-order valence-corrected chi connectivity index (χ4v) is 9.23. The quantitative estimate of drug-likeness (QED) is 0.0261. The van der Waals surface area contributed by atoms with E-state index in [-0.39, 0.29) is 31.1 Å². The van der Waals surface area contributed by atoms with Crippen molar-refractivity contribution in [1.82, 2.24) is 0 Å². The van der Waals surface area contributed by atoms with E-state index >= 15 is 0 Å². The van der Waals surface area contributed by atoms with Crippen molar-refractivity contribution in [3.05, 3.63) is 85.1 Å². The van der Waals surface area contributed by atoms with Crippen LogP contribution in [0.1, 0.15) is 323 Å². The SMILES string of the molecule is CC/C=C\C/C=C\C/C=C\C/C=C\CCCCCCCCC(=O)OC(COC(=O)CCCCCCC/C=C\C/C=C\CCCCCC)COC(=O)CCCCCCCCCCCCC/C=C\CCCCCCCCCC. The van der Waals surface area contributed by atoms with Crippen LogP contribution in [0.15, 0.2) is 85.1 Å². The first-order chi connectivity index (χ1) is 37.5. The third kappa shape index (κ3) is 61.4. The Morgan fingerprint density at radius 1 is 0.276 bits per heavy atom. The Morgan fingerprint density at radius 3 is 0.829 bits per heavy atom. The Labute approximate surface area is 471 Å². The van der Waals surface area contributed by atoms with Gasteiger partial charge in [0, 0.05) is 19.3 Å². The minimum Gasteiger partial charge on any atom is -0.462 e. The van der Waals surface area contributed by atoms with Gasteiger partial charge in [-0.3, -0.25) is 14.4 Å². The fraction of sp³-hybridized carbons (Fsp3) is 0.757. The van der Waals surface area contributed by atoms with Crippen molar-refractivity contribution in [2.45, 2.75) is 329 Å². The van der Waals surface area contributed by atoms with Crippen molar-refractivity contribution in [3.63, 3.8) is 0 Å². The summed E-state index contributed by atoms with van der Waals surface area (Å²) < 4.78 is 16.9. The second-order valence-electron chi connectivity index (χ2n) is 21.6. The maximum atomic E-state index is 12.9. The molecule has 1 atom stereocenters. The van der Waals surface area contributed by atoms with E-state index in [0.717, 1.165) is 116 Å². The average Bonchev–Trinajstić information content (AvgIpc) is 3.42. The molecule has 0 spiro atoms. The highest BCUT2D eigenvalue weighted by Gasteiger charge is 2.19. The summed E-state index contributed by atoms with van der Waals surface area (Å²) in [5.41, 5.74) is 0. The summed E-state index contributed by atoms with van der Waals surface area (Å²) in [6.45, 7) is 6.52. The maximum absolute atomic E-state index is 12.9. The van der Waals surface area contributed by atoms with Gasteiger partial charge in [0.05, 0.1) is 0 Å². The lowest BCUT2D eigenvalue weighted by Gasteiger charge is -2.18. The predicted molar refractivity (Wildman–Crippen MR) is 330 cm³/mol. The van der Waals surface area contributed by atoms with Crippen LogP contribution in [0, 0.1) is 0 Å². The largest absolute Gasteiger partial charge is 0.462 e. The number of carbonyl (C=O) groups is 3. The Morgan fingerprint density at radius 2 is 0.513 bits per heavy atom. The van der Waals surface area contributed by atoms with E-state index in [2.05, 4.69) is 106 Å². The molecular formula is C70H122O6. The van der Waals surface area contributed by atoms with Crippen molar-refractivity contribution >= 4 is 17.9 Å². The molecule has 0 bridgehead atoms. The minimum atomic E-state index is -0.792. The summed E-state index contributed by atoms with van der Waals surface area (Å²) >= 11 is 0. The molecule has 0 N–H and O–H groups in total. The summed E-state index contributed by atoms with van der Waals surface area (Å²) in [5, 5.41) is 0. The van der Waals surface area contributed by atoms with Crippen molar-refractivity contribution in [2.24, 2.45) is 0 Å². The minimum absolute atomic E-state index is 0.0863. The van der Waals surface area contributed by atoms with Gasteiger partial charge in [-0.2, -0.15) is 0 Å². The van der Waals surface area contributed by atoms with E-state index in [9.17, 15) is 14.4 Å². The molecular weight excluding hydrogens is 937 g/mol. The standard InChI is InChI=1S/C70H122O6/c1-4-7-10-13-16-19-22-25-28-31-33-34-35-36-38-39-42-45-48-51-54-57-60-63-69(72)75-66-67(65-74-68(71)62-59-56-53-50-47-44-41-30-27-24-21-18-15-12-9-6-3)76-70(73)64-61-58-55-52-49-46-43-40-37-32-29-26-23-20-17-14-11-8-5-2/h8,11,17,20-21,24,26,29-31,33,37,40-41,67H,4-7,9-10,12-16,18-19,22-23,25,27-28,32,34-36,38-39,42-66H2,1-3H3/b11-8-,20-17-,24-21-,29-26-,33-31-,40-37-,41-30-. The third-order valence-electron chi connectivity index (χ3n) is 14.1. The first-order valence-electron chi connectivity index (χ1n) is 32.6. The van der Waals surface area contributed by atoms with Gasteiger partial charge in [0.25, 0.3) is 0 Å². The Kier molecular flexibility index (Phi) is 61.2. The Bertz CT molecular complexity index is 1450. The molecule has 0 saturated carbocycles.